The zero-order valence-corrected chi connectivity index (χ0v) is 19.0. The molecule has 1 aromatic carbocycles. The molecule has 0 saturated heterocycles. The minimum Gasteiger partial charge on any atom is -0.330 e. The number of hydrogen-bond donors (Lipinski definition) is 1. The Balaban J connectivity index is 1.34. The monoisotopic (exact) mass is 443 g/mol. The third-order valence-electron chi connectivity index (χ3n) is 6.18. The molecule has 2 aliphatic heterocycles. The molecule has 32 heavy (non-hydrogen) atoms. The van der Waals surface area contributed by atoms with Crippen molar-refractivity contribution in [2.45, 2.75) is 25.4 Å². The van der Waals surface area contributed by atoms with Crippen LogP contribution >= 0.6 is 11.3 Å². The van der Waals surface area contributed by atoms with Gasteiger partial charge < -0.3 is 10.2 Å². The molecule has 3 aromatic rings. The molecule has 1 N–H and O–H groups in total. The molecule has 2 aliphatic rings. The Labute approximate surface area is 191 Å². The number of thiazole rings is 1. The number of pyridine rings is 1. The van der Waals surface area contributed by atoms with Crippen LogP contribution < -0.4 is 5.32 Å². The predicted octanol–water partition coefficient (Wildman–Crippen LogP) is 4.22. The summed E-state index contributed by atoms with van der Waals surface area (Å²) in [4.78, 5) is 29.8. The Morgan fingerprint density at radius 1 is 1.25 bits per heavy atom. The third-order valence-corrected chi connectivity index (χ3v) is 7.01. The Bertz CT molecular complexity index is 1200. The molecule has 0 fully saturated rings. The van der Waals surface area contributed by atoms with Gasteiger partial charge in [-0.05, 0) is 53.9 Å². The second-order valence-electron chi connectivity index (χ2n) is 8.37. The van der Waals surface area contributed by atoms with Gasteiger partial charge in [0, 0.05) is 43.2 Å². The quantitative estimate of drug-likeness (QED) is 0.656. The van der Waals surface area contributed by atoms with E-state index in [2.05, 4.69) is 63.4 Å². The van der Waals surface area contributed by atoms with Crippen LogP contribution in [0.15, 0.2) is 59.3 Å². The fourth-order valence-electron chi connectivity index (χ4n) is 4.19. The highest BCUT2D eigenvalue weighted by Crippen LogP contribution is 2.32. The average Bonchev–Trinajstić information content (AvgIpc) is 3.36. The van der Waals surface area contributed by atoms with Crippen LogP contribution in [0.3, 0.4) is 0 Å². The van der Waals surface area contributed by atoms with Crippen LogP contribution in [0.5, 0.6) is 0 Å². The van der Waals surface area contributed by atoms with Crippen LogP contribution in [0.2, 0.25) is 0 Å². The molecule has 0 bridgehead atoms. The fraction of sp³-hybridized carbons (Fsp3) is 0.280. The van der Waals surface area contributed by atoms with Gasteiger partial charge in [-0.3, -0.25) is 19.8 Å². The second-order valence-corrected chi connectivity index (χ2v) is 9.25. The molecule has 4 heterocycles. The smallest absolute Gasteiger partial charge is 0.253 e. The number of carbonyl (C=O) groups excluding carboxylic acids is 1. The number of aromatic nitrogens is 2. The molecule has 2 aromatic heterocycles. The van der Waals surface area contributed by atoms with E-state index in [4.69, 9.17) is 0 Å². The van der Waals surface area contributed by atoms with E-state index in [0.29, 0.717) is 5.56 Å². The predicted molar refractivity (Wildman–Crippen MR) is 129 cm³/mol. The van der Waals surface area contributed by atoms with Gasteiger partial charge in [0.1, 0.15) is 6.17 Å². The summed E-state index contributed by atoms with van der Waals surface area (Å²) in [5.74, 6) is -0.0667. The molecule has 162 valence electrons. The zero-order valence-electron chi connectivity index (χ0n) is 18.2. The molecule has 0 aliphatic carbocycles. The van der Waals surface area contributed by atoms with Gasteiger partial charge in [0.05, 0.1) is 16.1 Å². The van der Waals surface area contributed by atoms with Crippen molar-refractivity contribution in [1.29, 1.82) is 0 Å². The summed E-state index contributed by atoms with van der Waals surface area (Å²) < 4.78 is 0. The summed E-state index contributed by atoms with van der Waals surface area (Å²) in [6.45, 7) is 4.02. The van der Waals surface area contributed by atoms with E-state index in [0.717, 1.165) is 41.2 Å². The number of nitrogens with zero attached hydrogens (tertiary/aromatic N) is 4. The van der Waals surface area contributed by atoms with Crippen LogP contribution in [0.1, 0.15) is 46.4 Å². The Hall–Kier alpha value is -3.16. The first-order valence-electron chi connectivity index (χ1n) is 10.8. The molecule has 6 nitrogen and oxygen atoms in total. The van der Waals surface area contributed by atoms with Crippen molar-refractivity contribution in [1.82, 2.24) is 20.2 Å². The van der Waals surface area contributed by atoms with Crippen molar-refractivity contribution >= 4 is 29.0 Å². The van der Waals surface area contributed by atoms with E-state index < -0.39 is 0 Å². The first-order chi connectivity index (χ1) is 15.6. The number of fused-ring (bicyclic) bond motifs is 1. The van der Waals surface area contributed by atoms with Crippen LogP contribution in [-0.4, -0.2) is 53.3 Å². The standard InChI is InChI=1S/C25H25N5OS/c1-16-21-11-18(23-14-26-15-32-23)3-4-20(21)13-28-24(16)29-25(31)19-5-8-27-22(12-19)17-6-9-30(2)10-7-17/h3-6,8,11-16,24H,7,9-10H2,1-2H3,(H,29,31). The van der Waals surface area contributed by atoms with Crippen molar-refractivity contribution in [3.8, 4) is 10.4 Å². The van der Waals surface area contributed by atoms with E-state index in [1.165, 1.54) is 11.1 Å². The van der Waals surface area contributed by atoms with Gasteiger partial charge in [0.25, 0.3) is 5.91 Å². The topological polar surface area (TPSA) is 70.5 Å². The fourth-order valence-corrected chi connectivity index (χ4v) is 4.81. The lowest BCUT2D eigenvalue weighted by Crippen LogP contribution is -2.39. The largest absolute Gasteiger partial charge is 0.330 e. The third kappa shape index (κ3) is 4.13. The number of rotatable bonds is 4. The number of benzene rings is 1. The van der Waals surface area contributed by atoms with Crippen molar-refractivity contribution < 1.29 is 4.79 Å². The van der Waals surface area contributed by atoms with E-state index >= 15 is 0 Å². The maximum absolute atomic E-state index is 13.1. The first kappa shape index (κ1) is 20.7. The molecular formula is C25H25N5OS. The Kier molecular flexibility index (Phi) is 5.68. The van der Waals surface area contributed by atoms with E-state index in [1.807, 2.05) is 24.0 Å². The highest BCUT2D eigenvalue weighted by atomic mass is 32.1. The molecule has 2 unspecified atom stereocenters. The summed E-state index contributed by atoms with van der Waals surface area (Å²) in [5.41, 5.74) is 7.95. The number of aliphatic imine (C=N–C) groups is 1. The van der Waals surface area contributed by atoms with Gasteiger partial charge in [-0.25, -0.2) is 0 Å². The number of amides is 1. The van der Waals surface area contributed by atoms with E-state index in [9.17, 15) is 4.79 Å². The normalized spacial score (nSPS) is 20.5. The molecule has 5 rings (SSSR count). The molecule has 1 amide bonds. The van der Waals surface area contributed by atoms with Gasteiger partial charge in [-0.15, -0.1) is 11.3 Å². The minimum atomic E-state index is -0.314. The van der Waals surface area contributed by atoms with Crippen molar-refractivity contribution in [3.05, 3.63) is 76.7 Å². The van der Waals surface area contributed by atoms with Crippen molar-refractivity contribution in [2.24, 2.45) is 4.99 Å². The van der Waals surface area contributed by atoms with Crippen molar-refractivity contribution in [3.63, 3.8) is 0 Å². The SMILES string of the molecule is CC1c2cc(-c3cncs3)ccc2C=NC1NC(=O)c1ccnc(C2=CCN(C)CC2)c1. The second kappa shape index (κ2) is 8.76. The van der Waals surface area contributed by atoms with Crippen LogP contribution in [0, 0.1) is 0 Å². The summed E-state index contributed by atoms with van der Waals surface area (Å²) >= 11 is 1.62. The number of likely N-dealkylation sites (N-methyl/N-ethyl adjacent to an activating group) is 1. The van der Waals surface area contributed by atoms with E-state index in [-0.39, 0.29) is 18.0 Å². The molecule has 0 saturated carbocycles. The van der Waals surface area contributed by atoms with Crippen LogP contribution in [-0.2, 0) is 0 Å². The van der Waals surface area contributed by atoms with Gasteiger partial charge in [-0.2, -0.15) is 0 Å². The summed E-state index contributed by atoms with van der Waals surface area (Å²) in [6, 6.07) is 10.0. The van der Waals surface area contributed by atoms with Crippen LogP contribution in [0.25, 0.3) is 16.0 Å². The summed E-state index contributed by atoms with van der Waals surface area (Å²) in [6.07, 6.45) is 8.28. The van der Waals surface area contributed by atoms with Crippen molar-refractivity contribution in [2.75, 3.05) is 20.1 Å². The van der Waals surface area contributed by atoms with E-state index in [1.54, 1.807) is 23.6 Å². The minimum absolute atomic E-state index is 0.0599. The Morgan fingerprint density at radius 3 is 2.94 bits per heavy atom. The Morgan fingerprint density at radius 2 is 2.16 bits per heavy atom. The lowest BCUT2D eigenvalue weighted by Gasteiger charge is -2.27. The highest BCUT2D eigenvalue weighted by molar-refractivity contribution is 7.13. The molecule has 2 atom stereocenters. The van der Waals surface area contributed by atoms with Crippen LogP contribution in [0.4, 0.5) is 0 Å². The van der Waals surface area contributed by atoms with Gasteiger partial charge >= 0.3 is 0 Å². The van der Waals surface area contributed by atoms with Gasteiger partial charge in [0.15, 0.2) is 0 Å². The number of nitrogens with one attached hydrogen (secondary N) is 1. The average molecular weight is 444 g/mol. The van der Waals surface area contributed by atoms with Gasteiger partial charge in [-0.1, -0.05) is 25.1 Å². The molecule has 0 radical (unpaired) electrons. The van der Waals surface area contributed by atoms with Gasteiger partial charge in [0.2, 0.25) is 0 Å². The maximum atomic E-state index is 13.1. The highest BCUT2D eigenvalue weighted by Gasteiger charge is 2.26. The molecule has 7 heteroatoms. The molecule has 0 spiro atoms. The first-order valence-corrected chi connectivity index (χ1v) is 11.7. The number of hydrogen-bond acceptors (Lipinski definition) is 6. The lowest BCUT2D eigenvalue weighted by atomic mass is 9.89. The molecular weight excluding hydrogens is 418 g/mol. The lowest BCUT2D eigenvalue weighted by molar-refractivity contribution is 0.0933. The zero-order chi connectivity index (χ0) is 22.1. The maximum Gasteiger partial charge on any atom is 0.253 e. The number of carbonyl (C=O) groups is 1. The summed E-state index contributed by atoms with van der Waals surface area (Å²) in [7, 11) is 2.11. The summed E-state index contributed by atoms with van der Waals surface area (Å²) in [5, 5.41) is 3.12.